The fourth-order valence-corrected chi connectivity index (χ4v) is 3.48. The van der Waals surface area contributed by atoms with E-state index < -0.39 is 0 Å². The second-order valence-electron chi connectivity index (χ2n) is 5.42. The molecule has 1 heterocycles. The summed E-state index contributed by atoms with van der Waals surface area (Å²) in [7, 11) is 3.09. The van der Waals surface area contributed by atoms with E-state index in [0.717, 1.165) is 21.3 Å². The lowest BCUT2D eigenvalue weighted by atomic mass is 10.1. The molecule has 1 amide bonds. The van der Waals surface area contributed by atoms with Gasteiger partial charge in [0.1, 0.15) is 11.5 Å². The Bertz CT molecular complexity index is 879. The molecule has 0 radical (unpaired) electrons. The van der Waals surface area contributed by atoms with E-state index in [4.69, 9.17) is 9.47 Å². The number of nitrogens with one attached hydrogen (secondary N) is 1. The summed E-state index contributed by atoms with van der Waals surface area (Å²) in [6.45, 7) is 4.05. The summed E-state index contributed by atoms with van der Waals surface area (Å²) in [4.78, 5) is 17.2. The van der Waals surface area contributed by atoms with Crippen LogP contribution in [0.4, 0.5) is 5.13 Å². The molecular weight excluding hydrogens is 324 g/mol. The number of amides is 1. The van der Waals surface area contributed by atoms with E-state index in [1.54, 1.807) is 25.3 Å². The van der Waals surface area contributed by atoms with Gasteiger partial charge in [0.05, 0.1) is 30.0 Å². The van der Waals surface area contributed by atoms with Gasteiger partial charge in [0.15, 0.2) is 5.13 Å². The number of rotatable bonds is 4. The molecule has 0 bridgehead atoms. The quantitative estimate of drug-likeness (QED) is 0.772. The number of hydrogen-bond donors (Lipinski definition) is 1. The third kappa shape index (κ3) is 2.92. The zero-order valence-electron chi connectivity index (χ0n) is 14.0. The summed E-state index contributed by atoms with van der Waals surface area (Å²) in [6, 6.07) is 9.21. The van der Waals surface area contributed by atoms with Crippen LogP contribution in [0.15, 0.2) is 30.3 Å². The van der Waals surface area contributed by atoms with Gasteiger partial charge < -0.3 is 9.47 Å². The number of anilines is 1. The maximum Gasteiger partial charge on any atom is 0.261 e. The molecule has 0 spiro atoms. The van der Waals surface area contributed by atoms with Crippen LogP contribution in [0.1, 0.15) is 21.5 Å². The Morgan fingerprint density at radius 2 is 1.83 bits per heavy atom. The molecule has 0 fully saturated rings. The number of aryl methyl sites for hydroxylation is 2. The fraction of sp³-hybridized carbons (Fsp3) is 0.222. The molecule has 2 aromatic carbocycles. The predicted octanol–water partition coefficient (Wildman–Crippen LogP) is 4.18. The van der Waals surface area contributed by atoms with Crippen molar-refractivity contribution >= 4 is 32.6 Å². The van der Waals surface area contributed by atoms with E-state index in [1.807, 2.05) is 19.9 Å². The molecule has 0 unspecified atom stereocenters. The van der Waals surface area contributed by atoms with Gasteiger partial charge in [-0.3, -0.25) is 10.1 Å². The first-order valence-electron chi connectivity index (χ1n) is 7.43. The van der Waals surface area contributed by atoms with Crippen LogP contribution in [0.25, 0.3) is 10.2 Å². The second-order valence-corrected chi connectivity index (χ2v) is 6.42. The highest BCUT2D eigenvalue weighted by Crippen LogP contribution is 2.32. The van der Waals surface area contributed by atoms with Crippen molar-refractivity contribution in [3.05, 3.63) is 47.0 Å². The van der Waals surface area contributed by atoms with Crippen molar-refractivity contribution in [2.24, 2.45) is 0 Å². The van der Waals surface area contributed by atoms with Crippen LogP contribution in [-0.4, -0.2) is 25.1 Å². The Morgan fingerprint density at radius 1 is 1.08 bits per heavy atom. The van der Waals surface area contributed by atoms with Crippen LogP contribution in [0, 0.1) is 13.8 Å². The lowest BCUT2D eigenvalue weighted by Crippen LogP contribution is -2.13. The molecule has 1 aromatic heterocycles. The molecule has 24 heavy (non-hydrogen) atoms. The molecule has 3 aromatic rings. The van der Waals surface area contributed by atoms with Gasteiger partial charge in [-0.2, -0.15) is 0 Å². The lowest BCUT2D eigenvalue weighted by molar-refractivity contribution is 0.102. The van der Waals surface area contributed by atoms with Crippen molar-refractivity contribution in [2.45, 2.75) is 13.8 Å². The first kappa shape index (κ1) is 16.3. The summed E-state index contributed by atoms with van der Waals surface area (Å²) < 4.78 is 11.5. The molecular formula is C18H18N2O3S. The van der Waals surface area contributed by atoms with Gasteiger partial charge in [-0.25, -0.2) is 4.98 Å². The molecule has 1 N–H and O–H groups in total. The molecule has 0 aliphatic carbocycles. The number of aromatic nitrogens is 1. The van der Waals surface area contributed by atoms with Crippen LogP contribution in [0.5, 0.6) is 11.5 Å². The number of fused-ring (bicyclic) bond motifs is 1. The number of hydrogen-bond acceptors (Lipinski definition) is 5. The molecule has 6 heteroatoms. The molecule has 0 aliphatic rings. The van der Waals surface area contributed by atoms with Crippen molar-refractivity contribution in [3.8, 4) is 11.5 Å². The first-order valence-corrected chi connectivity index (χ1v) is 8.25. The Labute approximate surface area is 144 Å². The van der Waals surface area contributed by atoms with Gasteiger partial charge in [0, 0.05) is 0 Å². The van der Waals surface area contributed by atoms with Gasteiger partial charge in [-0.1, -0.05) is 23.5 Å². The monoisotopic (exact) mass is 342 g/mol. The normalized spacial score (nSPS) is 10.7. The topological polar surface area (TPSA) is 60.5 Å². The highest BCUT2D eigenvalue weighted by molar-refractivity contribution is 7.22. The molecule has 0 aliphatic heterocycles. The minimum absolute atomic E-state index is 0.278. The van der Waals surface area contributed by atoms with E-state index in [1.165, 1.54) is 18.4 Å². The number of thiazole rings is 1. The van der Waals surface area contributed by atoms with Gasteiger partial charge in [0.25, 0.3) is 5.91 Å². The van der Waals surface area contributed by atoms with Crippen molar-refractivity contribution < 1.29 is 14.3 Å². The van der Waals surface area contributed by atoms with Gasteiger partial charge in [-0.05, 0) is 43.2 Å². The standard InChI is InChI=1S/C18H18N2O3S/c1-10-5-6-11(2)16-15(10)19-18(24-16)20-17(21)13-9-12(22-3)7-8-14(13)23-4/h5-9H,1-4H3,(H,19,20,21). The summed E-state index contributed by atoms with van der Waals surface area (Å²) in [5, 5.41) is 3.43. The van der Waals surface area contributed by atoms with E-state index in [-0.39, 0.29) is 5.91 Å². The zero-order chi connectivity index (χ0) is 17.3. The zero-order valence-corrected chi connectivity index (χ0v) is 14.8. The fourth-order valence-electron chi connectivity index (χ4n) is 2.47. The highest BCUT2D eigenvalue weighted by atomic mass is 32.1. The average Bonchev–Trinajstić information content (AvgIpc) is 3.02. The highest BCUT2D eigenvalue weighted by Gasteiger charge is 2.16. The van der Waals surface area contributed by atoms with E-state index in [0.29, 0.717) is 22.2 Å². The van der Waals surface area contributed by atoms with Crippen LogP contribution < -0.4 is 14.8 Å². The van der Waals surface area contributed by atoms with Crippen molar-refractivity contribution in [2.75, 3.05) is 19.5 Å². The Kier molecular flexibility index (Phi) is 4.40. The number of methoxy groups -OCH3 is 2. The third-order valence-electron chi connectivity index (χ3n) is 3.81. The van der Waals surface area contributed by atoms with Crippen LogP contribution in [-0.2, 0) is 0 Å². The van der Waals surface area contributed by atoms with Crippen LogP contribution >= 0.6 is 11.3 Å². The second kappa shape index (κ2) is 6.49. The van der Waals surface area contributed by atoms with Gasteiger partial charge in [-0.15, -0.1) is 0 Å². The van der Waals surface area contributed by atoms with Crippen molar-refractivity contribution in [1.29, 1.82) is 0 Å². The number of carbonyl (C=O) groups excluding carboxylic acids is 1. The van der Waals surface area contributed by atoms with Crippen LogP contribution in [0.3, 0.4) is 0 Å². The Balaban J connectivity index is 1.95. The average molecular weight is 342 g/mol. The summed E-state index contributed by atoms with van der Waals surface area (Å²) in [6.07, 6.45) is 0. The maximum absolute atomic E-state index is 12.6. The van der Waals surface area contributed by atoms with Crippen LogP contribution in [0.2, 0.25) is 0 Å². The Hall–Kier alpha value is -2.60. The minimum Gasteiger partial charge on any atom is -0.497 e. The van der Waals surface area contributed by atoms with Gasteiger partial charge in [0.2, 0.25) is 0 Å². The summed E-state index contributed by atoms with van der Waals surface area (Å²) in [5.41, 5.74) is 3.57. The van der Waals surface area contributed by atoms with E-state index >= 15 is 0 Å². The smallest absolute Gasteiger partial charge is 0.261 e. The SMILES string of the molecule is COc1ccc(OC)c(C(=O)Nc2nc3c(C)ccc(C)c3s2)c1. The Morgan fingerprint density at radius 3 is 2.50 bits per heavy atom. The van der Waals surface area contributed by atoms with Crippen molar-refractivity contribution in [1.82, 2.24) is 4.98 Å². The first-order chi connectivity index (χ1) is 11.5. The largest absolute Gasteiger partial charge is 0.497 e. The summed E-state index contributed by atoms with van der Waals surface area (Å²) in [5.74, 6) is 0.804. The number of benzene rings is 2. The molecule has 3 rings (SSSR count). The van der Waals surface area contributed by atoms with Gasteiger partial charge >= 0.3 is 0 Å². The summed E-state index contributed by atoms with van der Waals surface area (Å²) >= 11 is 1.47. The molecule has 0 saturated carbocycles. The van der Waals surface area contributed by atoms with E-state index in [2.05, 4.69) is 16.4 Å². The van der Waals surface area contributed by atoms with Crippen molar-refractivity contribution in [3.63, 3.8) is 0 Å². The predicted molar refractivity (Wildman–Crippen MR) is 96.6 cm³/mol. The maximum atomic E-state index is 12.6. The number of carbonyl (C=O) groups is 1. The number of nitrogens with zero attached hydrogens (tertiary/aromatic N) is 1. The molecule has 124 valence electrons. The molecule has 0 atom stereocenters. The van der Waals surface area contributed by atoms with E-state index in [9.17, 15) is 4.79 Å². The lowest BCUT2D eigenvalue weighted by Gasteiger charge is -2.09. The third-order valence-corrected chi connectivity index (χ3v) is 4.92. The molecule has 0 saturated heterocycles. The molecule has 5 nitrogen and oxygen atoms in total. The minimum atomic E-state index is -0.278. The number of ether oxygens (including phenoxy) is 2.